The quantitative estimate of drug-likeness (QED) is 0.338. The molecule has 0 atom stereocenters. The maximum absolute atomic E-state index is 12.7. The van der Waals surface area contributed by atoms with Gasteiger partial charge in [0, 0.05) is 18.5 Å². The lowest BCUT2D eigenvalue weighted by atomic mass is 10.3. The minimum Gasteiger partial charge on any atom is -0.495 e. The Morgan fingerprint density at radius 1 is 1.06 bits per heavy atom. The van der Waals surface area contributed by atoms with Crippen LogP contribution in [0.15, 0.2) is 58.7 Å². The second kappa shape index (κ2) is 11.0. The zero-order chi connectivity index (χ0) is 24.8. The summed E-state index contributed by atoms with van der Waals surface area (Å²) in [5.74, 6) is -0.0631. The maximum Gasteiger partial charge on any atom is 0.329 e. The van der Waals surface area contributed by atoms with Gasteiger partial charge < -0.3 is 14.8 Å². The van der Waals surface area contributed by atoms with Crippen molar-refractivity contribution < 1.29 is 19.1 Å². The summed E-state index contributed by atoms with van der Waals surface area (Å²) in [5, 5.41) is 5.19. The van der Waals surface area contributed by atoms with Crippen LogP contribution < -0.4 is 15.7 Å². The van der Waals surface area contributed by atoms with Gasteiger partial charge in [0.25, 0.3) is 0 Å². The van der Waals surface area contributed by atoms with Gasteiger partial charge in [0.05, 0.1) is 42.4 Å². The molecule has 0 bridgehead atoms. The van der Waals surface area contributed by atoms with Gasteiger partial charge in [-0.3, -0.25) is 18.7 Å². The normalized spacial score (nSPS) is 10.9. The highest BCUT2D eigenvalue weighted by Crippen LogP contribution is 2.23. The summed E-state index contributed by atoms with van der Waals surface area (Å²) in [7, 11) is 1.54. The van der Waals surface area contributed by atoms with Gasteiger partial charge in [-0.15, -0.1) is 11.3 Å². The van der Waals surface area contributed by atoms with Crippen LogP contribution in [0.25, 0.3) is 11.0 Å². The Bertz CT molecular complexity index is 1400. The van der Waals surface area contributed by atoms with E-state index in [1.807, 2.05) is 43.3 Å². The molecule has 1 N–H and O–H groups in total. The first kappa shape index (κ1) is 24.2. The topological polar surface area (TPSA) is 104 Å². The number of imidazole rings is 1. The number of esters is 1. The smallest absolute Gasteiger partial charge is 0.329 e. The fourth-order valence-corrected chi connectivity index (χ4v) is 4.58. The molecule has 0 aliphatic heterocycles. The molecule has 9 nitrogen and oxygen atoms in total. The number of nitrogens with one attached hydrogen (secondary N) is 1. The fraction of sp³-hybridized carbons (Fsp3) is 0.280. The number of rotatable bonds is 10. The number of methoxy groups -OCH3 is 1. The fourth-order valence-electron chi connectivity index (χ4n) is 3.80. The van der Waals surface area contributed by atoms with Crippen molar-refractivity contribution in [2.24, 2.45) is 0 Å². The molecule has 0 fully saturated rings. The molecule has 0 saturated heterocycles. The van der Waals surface area contributed by atoms with E-state index in [9.17, 15) is 14.4 Å². The summed E-state index contributed by atoms with van der Waals surface area (Å²) in [6, 6.07) is 14.7. The van der Waals surface area contributed by atoms with E-state index in [0.29, 0.717) is 28.7 Å². The van der Waals surface area contributed by atoms with Crippen LogP contribution in [-0.4, -0.2) is 33.1 Å². The number of hydrogen-bond donors (Lipinski definition) is 1. The number of aromatic nitrogens is 3. The van der Waals surface area contributed by atoms with Crippen LogP contribution in [0.5, 0.6) is 5.75 Å². The highest BCUT2D eigenvalue weighted by molar-refractivity contribution is 7.09. The molecule has 0 spiro atoms. The Balaban J connectivity index is 1.29. The highest BCUT2D eigenvalue weighted by atomic mass is 32.1. The molecule has 4 aromatic rings. The summed E-state index contributed by atoms with van der Waals surface area (Å²) in [6.07, 6.45) is 0.164. The Morgan fingerprint density at radius 3 is 2.51 bits per heavy atom. The third-order valence-electron chi connectivity index (χ3n) is 5.45. The van der Waals surface area contributed by atoms with Gasteiger partial charge in [-0.25, -0.2) is 9.78 Å². The van der Waals surface area contributed by atoms with E-state index in [0.717, 1.165) is 11.0 Å². The molecule has 4 rings (SSSR count). The Hall–Kier alpha value is -3.92. The van der Waals surface area contributed by atoms with Crippen LogP contribution in [0.2, 0.25) is 0 Å². The lowest BCUT2D eigenvalue weighted by molar-refractivity contribution is -0.145. The summed E-state index contributed by atoms with van der Waals surface area (Å²) in [6.45, 7) is 2.71. The first-order chi connectivity index (χ1) is 17.0. The van der Waals surface area contributed by atoms with Crippen molar-refractivity contribution in [3.05, 3.63) is 75.1 Å². The lowest BCUT2D eigenvalue weighted by Gasteiger charge is -2.08. The molecule has 0 radical (unpaired) electrons. The van der Waals surface area contributed by atoms with Crippen LogP contribution in [0.1, 0.15) is 24.0 Å². The summed E-state index contributed by atoms with van der Waals surface area (Å²) in [4.78, 5) is 41.8. The molecule has 1 amide bonds. The number of ether oxygens (including phenoxy) is 2. The molecule has 0 unspecified atom stereocenters. The average Bonchev–Trinajstić information content (AvgIpc) is 3.42. The van der Waals surface area contributed by atoms with Crippen LogP contribution >= 0.6 is 11.3 Å². The summed E-state index contributed by atoms with van der Waals surface area (Å²) >= 11 is 1.33. The highest BCUT2D eigenvalue weighted by Gasteiger charge is 2.15. The number of nitrogens with zero attached hydrogens (tertiary/aromatic N) is 3. The van der Waals surface area contributed by atoms with Gasteiger partial charge in [-0.1, -0.05) is 24.3 Å². The van der Waals surface area contributed by atoms with E-state index < -0.39 is 5.97 Å². The monoisotopic (exact) mass is 494 g/mol. The number of fused-ring (bicyclic) bond motifs is 1. The second-order valence-corrected chi connectivity index (χ2v) is 8.68. The SMILES string of the molecule is CCn1c(=O)n(CCC(=O)OCc2csc(CC(=O)Nc3ccccc3OC)n2)c2ccccc21. The van der Waals surface area contributed by atoms with E-state index >= 15 is 0 Å². The number of benzene rings is 2. The van der Waals surface area contributed by atoms with E-state index in [-0.39, 0.29) is 37.6 Å². The van der Waals surface area contributed by atoms with Gasteiger partial charge in [0.1, 0.15) is 17.4 Å². The maximum atomic E-state index is 12.7. The number of hydrogen-bond acceptors (Lipinski definition) is 7. The molecule has 182 valence electrons. The molecular weight excluding hydrogens is 468 g/mol. The molecule has 2 heterocycles. The first-order valence-corrected chi connectivity index (χ1v) is 12.1. The van der Waals surface area contributed by atoms with Gasteiger partial charge >= 0.3 is 11.7 Å². The van der Waals surface area contributed by atoms with E-state index in [2.05, 4.69) is 10.3 Å². The predicted molar refractivity (Wildman–Crippen MR) is 134 cm³/mol. The average molecular weight is 495 g/mol. The standard InChI is InChI=1S/C25H26N4O5S/c1-3-28-19-9-5-6-10-20(19)29(25(28)32)13-12-24(31)34-15-17-16-35-23(26-17)14-22(30)27-18-8-4-7-11-21(18)33-2/h4-11,16H,3,12-15H2,1-2H3,(H,27,30). The Labute approximate surface area is 205 Å². The molecule has 2 aromatic carbocycles. The second-order valence-electron chi connectivity index (χ2n) is 7.74. The summed E-state index contributed by atoms with van der Waals surface area (Å²) in [5.41, 5.74) is 2.66. The van der Waals surface area contributed by atoms with Crippen molar-refractivity contribution >= 4 is 39.9 Å². The van der Waals surface area contributed by atoms with Gasteiger partial charge in [0.15, 0.2) is 0 Å². The molecule has 0 aliphatic rings. The number of para-hydroxylation sites is 4. The molecule has 0 saturated carbocycles. The summed E-state index contributed by atoms with van der Waals surface area (Å²) < 4.78 is 13.9. The number of thiazole rings is 1. The lowest BCUT2D eigenvalue weighted by Crippen LogP contribution is -2.25. The minimum absolute atomic E-state index is 0.00901. The molecule has 10 heteroatoms. The van der Waals surface area contributed by atoms with Crippen molar-refractivity contribution in [2.75, 3.05) is 12.4 Å². The van der Waals surface area contributed by atoms with Gasteiger partial charge in [-0.2, -0.15) is 0 Å². The Kier molecular flexibility index (Phi) is 7.61. The van der Waals surface area contributed by atoms with Crippen molar-refractivity contribution in [1.29, 1.82) is 0 Å². The van der Waals surface area contributed by atoms with Crippen molar-refractivity contribution in [1.82, 2.24) is 14.1 Å². The number of carbonyl (C=O) groups is 2. The number of aryl methyl sites for hydroxylation is 2. The van der Waals surface area contributed by atoms with Crippen LogP contribution in [-0.2, 0) is 40.4 Å². The number of carbonyl (C=O) groups excluding carboxylic acids is 2. The molecule has 2 aromatic heterocycles. The zero-order valence-electron chi connectivity index (χ0n) is 19.5. The Morgan fingerprint density at radius 2 is 1.77 bits per heavy atom. The molecule has 0 aliphatic carbocycles. The third-order valence-corrected chi connectivity index (χ3v) is 6.35. The van der Waals surface area contributed by atoms with Gasteiger partial charge in [0.2, 0.25) is 5.91 Å². The van der Waals surface area contributed by atoms with E-state index in [4.69, 9.17) is 9.47 Å². The number of amides is 1. The van der Waals surface area contributed by atoms with Crippen LogP contribution in [0.4, 0.5) is 5.69 Å². The van der Waals surface area contributed by atoms with Crippen molar-refractivity contribution in [3.8, 4) is 5.75 Å². The third kappa shape index (κ3) is 5.60. The minimum atomic E-state index is -0.423. The van der Waals surface area contributed by atoms with Crippen molar-refractivity contribution in [2.45, 2.75) is 39.5 Å². The number of anilines is 1. The predicted octanol–water partition coefficient (Wildman–Crippen LogP) is 3.60. The first-order valence-electron chi connectivity index (χ1n) is 11.2. The van der Waals surface area contributed by atoms with Crippen LogP contribution in [0, 0.1) is 0 Å². The van der Waals surface area contributed by atoms with Crippen LogP contribution in [0.3, 0.4) is 0 Å². The van der Waals surface area contributed by atoms with E-state index in [1.54, 1.807) is 33.8 Å². The molecular formula is C25H26N4O5S. The largest absolute Gasteiger partial charge is 0.495 e. The molecule has 35 heavy (non-hydrogen) atoms. The zero-order valence-corrected chi connectivity index (χ0v) is 20.3. The van der Waals surface area contributed by atoms with Crippen molar-refractivity contribution in [3.63, 3.8) is 0 Å². The van der Waals surface area contributed by atoms with E-state index in [1.165, 1.54) is 11.3 Å². The van der Waals surface area contributed by atoms with Gasteiger partial charge in [-0.05, 0) is 31.2 Å².